The molecule has 1 aromatic heterocycles. The van der Waals surface area contributed by atoms with E-state index in [1.54, 1.807) is 0 Å². The van der Waals surface area contributed by atoms with Crippen LogP contribution in [0.1, 0.15) is 32.4 Å². The Morgan fingerprint density at radius 1 is 1.33 bits per heavy atom. The molecule has 0 aromatic carbocycles. The highest BCUT2D eigenvalue weighted by Gasteiger charge is 2.06. The fourth-order valence-electron chi connectivity index (χ4n) is 1.44. The first-order chi connectivity index (χ1) is 8.50. The highest BCUT2D eigenvalue weighted by atomic mass is 35.5. The second kappa shape index (κ2) is 7.38. The summed E-state index contributed by atoms with van der Waals surface area (Å²) < 4.78 is 5.46. The minimum absolute atomic E-state index is 0.215. The van der Waals surface area contributed by atoms with E-state index in [1.807, 2.05) is 20.8 Å². The lowest BCUT2D eigenvalue weighted by Crippen LogP contribution is -2.10. The maximum atomic E-state index is 5.86. The van der Waals surface area contributed by atoms with Gasteiger partial charge in [-0.05, 0) is 45.2 Å². The Hall–Kier alpha value is -1.07. The number of halogens is 1. The van der Waals surface area contributed by atoms with Crippen LogP contribution in [0.3, 0.4) is 0 Å². The number of nitrogens with one attached hydrogen (secondary N) is 1. The summed E-state index contributed by atoms with van der Waals surface area (Å²) in [6.07, 6.45) is 2.28. The van der Waals surface area contributed by atoms with E-state index < -0.39 is 0 Å². The van der Waals surface area contributed by atoms with Gasteiger partial charge in [-0.1, -0.05) is 0 Å². The summed E-state index contributed by atoms with van der Waals surface area (Å²) in [7, 11) is 0. The van der Waals surface area contributed by atoms with Crippen LogP contribution >= 0.6 is 11.6 Å². The molecule has 18 heavy (non-hydrogen) atoms. The molecule has 0 radical (unpaired) electrons. The molecule has 0 saturated heterocycles. The molecule has 0 atom stereocenters. The maximum absolute atomic E-state index is 5.86. The van der Waals surface area contributed by atoms with Gasteiger partial charge in [0.15, 0.2) is 5.82 Å². The van der Waals surface area contributed by atoms with Gasteiger partial charge >= 0.3 is 0 Å². The van der Waals surface area contributed by atoms with Crippen LogP contribution in [0.4, 0.5) is 11.5 Å². The van der Waals surface area contributed by atoms with Crippen LogP contribution in [0.2, 0.25) is 5.28 Å². The van der Waals surface area contributed by atoms with Crippen LogP contribution in [0, 0.1) is 6.92 Å². The lowest BCUT2D eigenvalue weighted by Gasteiger charge is -2.10. The Labute approximate surface area is 113 Å². The molecule has 0 aliphatic heterocycles. The molecular formula is C12H21ClN4O. The number of nitrogens with two attached hydrogens (primary N) is 1. The van der Waals surface area contributed by atoms with E-state index in [4.69, 9.17) is 22.1 Å². The zero-order valence-corrected chi connectivity index (χ0v) is 11.9. The van der Waals surface area contributed by atoms with Crippen LogP contribution < -0.4 is 11.1 Å². The van der Waals surface area contributed by atoms with Gasteiger partial charge in [-0.3, -0.25) is 0 Å². The van der Waals surface area contributed by atoms with Gasteiger partial charge in [0.05, 0.1) is 17.5 Å². The molecule has 5 nitrogen and oxygen atoms in total. The zero-order valence-electron chi connectivity index (χ0n) is 11.2. The number of anilines is 2. The van der Waals surface area contributed by atoms with Crippen molar-refractivity contribution in [3.63, 3.8) is 0 Å². The van der Waals surface area contributed by atoms with Gasteiger partial charge in [0.1, 0.15) is 0 Å². The molecule has 0 saturated carbocycles. The number of nitrogens with zero attached hydrogens (tertiary/aromatic N) is 2. The van der Waals surface area contributed by atoms with Crippen molar-refractivity contribution in [2.24, 2.45) is 0 Å². The Morgan fingerprint density at radius 3 is 2.72 bits per heavy atom. The van der Waals surface area contributed by atoms with E-state index in [0.717, 1.165) is 26.0 Å². The highest BCUT2D eigenvalue weighted by molar-refractivity contribution is 6.28. The lowest BCUT2D eigenvalue weighted by atomic mass is 10.3. The van der Waals surface area contributed by atoms with Gasteiger partial charge < -0.3 is 15.8 Å². The Bertz CT molecular complexity index is 385. The first-order valence-electron chi connectivity index (χ1n) is 6.15. The number of ether oxygens (including phenoxy) is 1. The molecule has 0 spiro atoms. The summed E-state index contributed by atoms with van der Waals surface area (Å²) in [5.74, 6) is 0.609. The van der Waals surface area contributed by atoms with E-state index in [0.29, 0.717) is 17.2 Å². The molecule has 0 aliphatic rings. The van der Waals surface area contributed by atoms with Crippen molar-refractivity contribution >= 4 is 23.1 Å². The fourth-order valence-corrected chi connectivity index (χ4v) is 1.65. The third kappa shape index (κ3) is 5.06. The minimum Gasteiger partial charge on any atom is -0.394 e. The standard InChI is InChI=1S/C12H21ClN4O/c1-8(2)18-7-5-4-6-15-11-10(14)9(3)16-12(13)17-11/h8H,4-7,14H2,1-3H3,(H,15,16,17). The second-order valence-electron chi connectivity index (χ2n) is 4.39. The molecule has 1 aromatic rings. The summed E-state index contributed by atoms with van der Waals surface area (Å²) in [6.45, 7) is 7.44. The molecule has 0 unspecified atom stereocenters. The first kappa shape index (κ1) is 15.0. The number of aromatic nitrogens is 2. The molecule has 0 fully saturated rings. The number of aryl methyl sites for hydroxylation is 1. The van der Waals surface area contributed by atoms with Gasteiger partial charge in [-0.2, -0.15) is 4.98 Å². The highest BCUT2D eigenvalue weighted by Crippen LogP contribution is 2.20. The zero-order chi connectivity index (χ0) is 13.5. The van der Waals surface area contributed by atoms with Gasteiger partial charge in [-0.15, -0.1) is 0 Å². The van der Waals surface area contributed by atoms with E-state index in [-0.39, 0.29) is 11.4 Å². The predicted octanol–water partition coefficient (Wildman–Crippen LogP) is 2.64. The van der Waals surface area contributed by atoms with E-state index >= 15 is 0 Å². The molecular weight excluding hydrogens is 252 g/mol. The quantitative estimate of drug-likeness (QED) is 0.590. The van der Waals surface area contributed by atoms with Crippen LogP contribution in [0.5, 0.6) is 0 Å². The minimum atomic E-state index is 0.215. The van der Waals surface area contributed by atoms with Gasteiger partial charge in [-0.25, -0.2) is 4.98 Å². The summed E-state index contributed by atoms with van der Waals surface area (Å²) in [6, 6.07) is 0. The summed E-state index contributed by atoms with van der Waals surface area (Å²) >= 11 is 5.78. The third-order valence-electron chi connectivity index (χ3n) is 2.42. The normalized spacial score (nSPS) is 10.9. The van der Waals surface area contributed by atoms with Crippen LogP contribution in [0.15, 0.2) is 0 Å². The lowest BCUT2D eigenvalue weighted by molar-refractivity contribution is 0.0765. The average Bonchev–Trinajstić information content (AvgIpc) is 2.29. The van der Waals surface area contributed by atoms with Gasteiger partial charge in [0, 0.05) is 13.2 Å². The smallest absolute Gasteiger partial charge is 0.224 e. The molecule has 1 heterocycles. The van der Waals surface area contributed by atoms with Crippen molar-refractivity contribution in [2.75, 3.05) is 24.2 Å². The molecule has 1 rings (SSSR count). The van der Waals surface area contributed by atoms with Crippen LogP contribution in [0.25, 0.3) is 0 Å². The third-order valence-corrected chi connectivity index (χ3v) is 2.59. The first-order valence-corrected chi connectivity index (χ1v) is 6.53. The molecule has 0 amide bonds. The number of nitrogen functional groups attached to an aromatic ring is 1. The summed E-state index contributed by atoms with van der Waals surface area (Å²) in [5, 5.41) is 3.38. The van der Waals surface area contributed by atoms with Crippen LogP contribution in [-0.4, -0.2) is 29.2 Å². The average molecular weight is 273 g/mol. The fraction of sp³-hybridized carbons (Fsp3) is 0.667. The van der Waals surface area contributed by atoms with Crippen molar-refractivity contribution in [3.05, 3.63) is 11.0 Å². The van der Waals surface area contributed by atoms with E-state index in [1.165, 1.54) is 0 Å². The van der Waals surface area contributed by atoms with Crippen molar-refractivity contribution < 1.29 is 4.74 Å². The Balaban J connectivity index is 2.31. The van der Waals surface area contributed by atoms with E-state index in [2.05, 4.69) is 15.3 Å². The molecule has 0 aliphatic carbocycles. The van der Waals surface area contributed by atoms with Crippen molar-refractivity contribution in [3.8, 4) is 0 Å². The predicted molar refractivity (Wildman–Crippen MR) is 75.0 cm³/mol. The summed E-state index contributed by atoms with van der Waals surface area (Å²) in [5.41, 5.74) is 7.11. The van der Waals surface area contributed by atoms with Gasteiger partial charge in [0.2, 0.25) is 5.28 Å². The van der Waals surface area contributed by atoms with Crippen molar-refractivity contribution in [2.45, 2.75) is 39.7 Å². The summed E-state index contributed by atoms with van der Waals surface area (Å²) in [4.78, 5) is 8.05. The molecule has 3 N–H and O–H groups in total. The topological polar surface area (TPSA) is 73.1 Å². The SMILES string of the molecule is Cc1nc(Cl)nc(NCCCCOC(C)C)c1N. The molecule has 6 heteroatoms. The van der Waals surface area contributed by atoms with Gasteiger partial charge in [0.25, 0.3) is 0 Å². The number of hydrogen-bond donors (Lipinski definition) is 2. The monoisotopic (exact) mass is 272 g/mol. The molecule has 102 valence electrons. The maximum Gasteiger partial charge on any atom is 0.224 e. The van der Waals surface area contributed by atoms with E-state index in [9.17, 15) is 0 Å². The van der Waals surface area contributed by atoms with Crippen molar-refractivity contribution in [1.29, 1.82) is 0 Å². The van der Waals surface area contributed by atoms with Crippen molar-refractivity contribution in [1.82, 2.24) is 9.97 Å². The Kier molecular flexibility index (Phi) is 6.15. The number of unbranched alkanes of at least 4 members (excludes halogenated alkanes) is 1. The number of hydrogen-bond acceptors (Lipinski definition) is 5. The second-order valence-corrected chi connectivity index (χ2v) is 4.73. The Morgan fingerprint density at radius 2 is 2.06 bits per heavy atom. The van der Waals surface area contributed by atoms with Crippen LogP contribution in [-0.2, 0) is 4.74 Å². The number of rotatable bonds is 7. The molecule has 0 bridgehead atoms. The largest absolute Gasteiger partial charge is 0.394 e.